The molecule has 3 N–H and O–H groups in total. The van der Waals surface area contributed by atoms with Crippen molar-refractivity contribution in [3.8, 4) is 11.6 Å². The molecule has 9 heteroatoms. The monoisotopic (exact) mass is 497 g/mol. The Bertz CT molecular complexity index is 1210. The van der Waals surface area contributed by atoms with Gasteiger partial charge in [0.1, 0.15) is 18.0 Å². The highest BCUT2D eigenvalue weighted by Crippen LogP contribution is 2.31. The molecule has 2 atom stereocenters. The summed E-state index contributed by atoms with van der Waals surface area (Å²) in [6.07, 6.45) is -0.314. The first-order valence-electron chi connectivity index (χ1n) is 11.6. The van der Waals surface area contributed by atoms with E-state index in [1.807, 2.05) is 39.8 Å². The molecule has 8 nitrogen and oxygen atoms in total. The lowest BCUT2D eigenvalue weighted by Crippen LogP contribution is -2.45. The number of nitrogens with one attached hydrogen (secondary N) is 1. The normalized spacial score (nSPS) is 14.1. The number of hydrogen-bond acceptors (Lipinski definition) is 5. The van der Waals surface area contributed by atoms with Crippen LogP contribution in [-0.4, -0.2) is 44.1 Å². The molecule has 0 bridgehead atoms. The molecule has 36 heavy (non-hydrogen) atoms. The topological polar surface area (TPSA) is 114 Å². The summed E-state index contributed by atoms with van der Waals surface area (Å²) in [4.78, 5) is 24.6. The summed E-state index contributed by atoms with van der Waals surface area (Å²) >= 11 is 0. The molecule has 0 fully saturated rings. The number of aryl methyl sites for hydroxylation is 1. The number of carbonyl (C=O) groups is 2. The van der Waals surface area contributed by atoms with Crippen molar-refractivity contribution in [1.82, 2.24) is 15.1 Å². The first-order valence-corrected chi connectivity index (χ1v) is 11.6. The Balaban J connectivity index is 1.93. The molecule has 0 saturated carbocycles. The number of aliphatic carboxylic acids is 1. The van der Waals surface area contributed by atoms with Crippen LogP contribution in [0.2, 0.25) is 0 Å². The van der Waals surface area contributed by atoms with Gasteiger partial charge >= 0.3 is 5.97 Å². The van der Waals surface area contributed by atoms with Crippen LogP contribution in [0, 0.1) is 18.2 Å². The van der Waals surface area contributed by atoms with Crippen LogP contribution in [0.3, 0.4) is 0 Å². The Hall–Kier alpha value is -3.72. The van der Waals surface area contributed by atoms with E-state index in [9.17, 15) is 24.2 Å². The lowest BCUT2D eigenvalue weighted by molar-refractivity contribution is -0.137. The standard InChI is InChI=1S/C27H32FN3O5/c1-17-6-8-18(9-7-17)21(15-24(32)33)29-25(34)22-14-23(36-16-27(5,35)26(2,3)4)31(30-22)20-12-10-19(28)11-13-20/h6-14,21,35H,15-16H2,1-5H3,(H,29,34)(H,32,33)/t21-,27+/m0/s1. The summed E-state index contributed by atoms with van der Waals surface area (Å²) < 4.78 is 20.7. The van der Waals surface area contributed by atoms with Gasteiger partial charge in [0, 0.05) is 6.07 Å². The summed E-state index contributed by atoms with van der Waals surface area (Å²) in [5.74, 6) is -1.93. The third-order valence-corrected chi connectivity index (χ3v) is 6.26. The Morgan fingerprint density at radius 2 is 1.69 bits per heavy atom. The van der Waals surface area contributed by atoms with Crippen molar-refractivity contribution in [2.75, 3.05) is 6.61 Å². The van der Waals surface area contributed by atoms with Crippen molar-refractivity contribution in [1.29, 1.82) is 0 Å². The van der Waals surface area contributed by atoms with Crippen molar-refractivity contribution >= 4 is 11.9 Å². The summed E-state index contributed by atoms with van der Waals surface area (Å²) in [6, 6.07) is 13.3. The predicted molar refractivity (Wildman–Crippen MR) is 133 cm³/mol. The van der Waals surface area contributed by atoms with Gasteiger partial charge in [0.15, 0.2) is 5.69 Å². The smallest absolute Gasteiger partial charge is 0.305 e. The zero-order chi connectivity index (χ0) is 26.7. The van der Waals surface area contributed by atoms with Crippen LogP contribution in [0.15, 0.2) is 54.6 Å². The number of nitrogens with zero attached hydrogens (tertiary/aromatic N) is 2. The predicted octanol–water partition coefficient (Wildman–Crippen LogP) is 4.44. The van der Waals surface area contributed by atoms with Crippen molar-refractivity contribution in [2.45, 2.75) is 52.7 Å². The second-order valence-corrected chi connectivity index (χ2v) is 10.1. The first kappa shape index (κ1) is 26.9. The lowest BCUT2D eigenvalue weighted by atomic mass is 9.78. The molecular weight excluding hydrogens is 465 g/mol. The van der Waals surface area contributed by atoms with Crippen molar-refractivity contribution in [3.05, 3.63) is 77.2 Å². The Labute approximate surface area is 209 Å². The van der Waals surface area contributed by atoms with E-state index in [1.54, 1.807) is 19.1 Å². The largest absolute Gasteiger partial charge is 0.481 e. The van der Waals surface area contributed by atoms with Gasteiger partial charge in [0.25, 0.3) is 5.91 Å². The molecule has 1 heterocycles. The molecule has 1 amide bonds. The number of amides is 1. The number of benzene rings is 2. The van der Waals surface area contributed by atoms with E-state index < -0.39 is 34.8 Å². The van der Waals surface area contributed by atoms with Crippen LogP contribution in [-0.2, 0) is 4.79 Å². The fourth-order valence-corrected chi connectivity index (χ4v) is 3.23. The van der Waals surface area contributed by atoms with Gasteiger partial charge < -0.3 is 20.3 Å². The second-order valence-electron chi connectivity index (χ2n) is 10.1. The molecule has 0 saturated heterocycles. The van der Waals surface area contributed by atoms with Gasteiger partial charge in [-0.1, -0.05) is 50.6 Å². The van der Waals surface area contributed by atoms with Gasteiger partial charge in [-0.05, 0) is 49.1 Å². The maximum absolute atomic E-state index is 13.5. The zero-order valence-electron chi connectivity index (χ0n) is 21.1. The van der Waals surface area contributed by atoms with Crippen LogP contribution in [0.5, 0.6) is 5.88 Å². The van der Waals surface area contributed by atoms with E-state index >= 15 is 0 Å². The molecule has 0 aliphatic carbocycles. The summed E-state index contributed by atoms with van der Waals surface area (Å²) in [5.41, 5.74) is 0.378. The number of aliphatic hydroxyl groups is 1. The van der Waals surface area contributed by atoms with Gasteiger partial charge in [0.05, 0.1) is 18.2 Å². The number of carboxylic acid groups (broad SMARTS) is 1. The highest BCUT2D eigenvalue weighted by atomic mass is 19.1. The highest BCUT2D eigenvalue weighted by molar-refractivity contribution is 5.93. The molecule has 3 rings (SSSR count). The van der Waals surface area contributed by atoms with Gasteiger partial charge in [-0.25, -0.2) is 9.07 Å². The number of carbonyl (C=O) groups excluding carboxylic acids is 1. The quantitative estimate of drug-likeness (QED) is 0.403. The van der Waals surface area contributed by atoms with Gasteiger partial charge in [-0.2, -0.15) is 5.10 Å². The molecule has 0 radical (unpaired) electrons. The number of carboxylic acids is 1. The zero-order valence-corrected chi connectivity index (χ0v) is 21.1. The van der Waals surface area contributed by atoms with Crippen molar-refractivity contribution in [3.63, 3.8) is 0 Å². The third-order valence-electron chi connectivity index (χ3n) is 6.26. The second kappa shape index (κ2) is 10.5. The van der Waals surface area contributed by atoms with Gasteiger partial charge in [0.2, 0.25) is 5.88 Å². The molecule has 0 spiro atoms. The van der Waals surface area contributed by atoms with Crippen molar-refractivity contribution in [2.24, 2.45) is 5.41 Å². The van der Waals surface area contributed by atoms with E-state index in [2.05, 4.69) is 10.4 Å². The molecule has 0 unspecified atom stereocenters. The van der Waals surface area contributed by atoms with Crippen molar-refractivity contribution < 1.29 is 28.9 Å². The number of ether oxygens (including phenoxy) is 1. The molecule has 0 aliphatic heterocycles. The highest BCUT2D eigenvalue weighted by Gasteiger charge is 2.36. The fourth-order valence-electron chi connectivity index (χ4n) is 3.23. The lowest BCUT2D eigenvalue weighted by Gasteiger charge is -2.36. The molecule has 3 aromatic rings. The molecular formula is C27H32FN3O5. The van der Waals surface area contributed by atoms with E-state index in [-0.39, 0.29) is 24.6 Å². The molecule has 2 aromatic carbocycles. The summed E-state index contributed by atoms with van der Waals surface area (Å²) in [7, 11) is 0. The minimum atomic E-state index is -1.20. The molecule has 0 aliphatic rings. The number of rotatable bonds is 9. The SMILES string of the molecule is Cc1ccc([C@H](CC(=O)O)NC(=O)c2cc(OC[C@@](C)(O)C(C)(C)C)n(-c3ccc(F)cc3)n2)cc1. The maximum atomic E-state index is 13.5. The van der Waals surface area contributed by atoms with E-state index in [1.165, 1.54) is 35.0 Å². The Morgan fingerprint density at radius 3 is 2.25 bits per heavy atom. The van der Waals surface area contributed by atoms with Crippen LogP contribution in [0.25, 0.3) is 5.69 Å². The summed E-state index contributed by atoms with van der Waals surface area (Å²) in [6.45, 7) is 9.10. The average molecular weight is 498 g/mol. The van der Waals surface area contributed by atoms with Crippen LogP contribution in [0.1, 0.15) is 61.8 Å². The number of aromatic nitrogens is 2. The third kappa shape index (κ3) is 6.48. The average Bonchev–Trinajstić information content (AvgIpc) is 3.22. The maximum Gasteiger partial charge on any atom is 0.305 e. The Kier molecular flexibility index (Phi) is 7.83. The van der Waals surface area contributed by atoms with Crippen LogP contribution in [0.4, 0.5) is 4.39 Å². The molecule has 192 valence electrons. The van der Waals surface area contributed by atoms with E-state index in [0.29, 0.717) is 11.3 Å². The van der Waals surface area contributed by atoms with Crippen LogP contribution >= 0.6 is 0 Å². The van der Waals surface area contributed by atoms with Crippen LogP contribution < -0.4 is 10.1 Å². The summed E-state index contributed by atoms with van der Waals surface area (Å²) in [5, 5.41) is 27.3. The van der Waals surface area contributed by atoms with Gasteiger partial charge in [-0.3, -0.25) is 9.59 Å². The minimum Gasteiger partial charge on any atom is -0.481 e. The van der Waals surface area contributed by atoms with E-state index in [0.717, 1.165) is 5.56 Å². The van der Waals surface area contributed by atoms with Gasteiger partial charge in [-0.15, -0.1) is 0 Å². The Morgan fingerprint density at radius 1 is 1.08 bits per heavy atom. The fraction of sp³-hybridized carbons (Fsp3) is 0.370. The number of halogens is 1. The molecule has 1 aromatic heterocycles. The first-order chi connectivity index (χ1) is 16.8. The number of hydrogen-bond donors (Lipinski definition) is 3. The van der Waals surface area contributed by atoms with E-state index in [4.69, 9.17) is 4.74 Å². The minimum absolute atomic E-state index is 0.0211.